The third kappa shape index (κ3) is 2.94. The smallest absolute Gasteiger partial charge is 0.254 e. The van der Waals surface area contributed by atoms with Gasteiger partial charge in [-0.2, -0.15) is 5.10 Å². The zero-order valence-corrected chi connectivity index (χ0v) is 15.8. The number of aliphatic hydroxyl groups is 1. The molecule has 4 rings (SSSR count). The monoisotopic (exact) mass is 378 g/mol. The molecule has 2 heterocycles. The molecular formula is C21H22N4O3. The summed E-state index contributed by atoms with van der Waals surface area (Å²) in [4.78, 5) is 14.5. The van der Waals surface area contributed by atoms with E-state index >= 15 is 0 Å². The van der Waals surface area contributed by atoms with E-state index in [2.05, 4.69) is 17.7 Å². The van der Waals surface area contributed by atoms with E-state index in [-0.39, 0.29) is 12.5 Å². The van der Waals surface area contributed by atoms with E-state index in [0.717, 1.165) is 27.6 Å². The van der Waals surface area contributed by atoms with Gasteiger partial charge in [0.05, 0.1) is 11.7 Å². The Balaban J connectivity index is 1.74. The van der Waals surface area contributed by atoms with Crippen LogP contribution in [0.15, 0.2) is 48.7 Å². The van der Waals surface area contributed by atoms with E-state index in [1.54, 1.807) is 11.0 Å². The van der Waals surface area contributed by atoms with Crippen molar-refractivity contribution in [2.24, 2.45) is 7.05 Å². The van der Waals surface area contributed by atoms with Crippen LogP contribution in [0.5, 0.6) is 0 Å². The van der Waals surface area contributed by atoms with Crippen LogP contribution in [-0.4, -0.2) is 45.6 Å². The zero-order valence-electron chi connectivity index (χ0n) is 15.8. The molecule has 0 spiro atoms. The number of nitrogen functional groups attached to an aromatic ring is 1. The summed E-state index contributed by atoms with van der Waals surface area (Å²) in [6, 6.07) is 9.68. The lowest BCUT2D eigenvalue weighted by atomic mass is 9.95. The highest BCUT2D eigenvalue weighted by Crippen LogP contribution is 2.36. The normalized spacial score (nSPS) is 14.5. The van der Waals surface area contributed by atoms with Crippen LogP contribution in [0.1, 0.15) is 15.9 Å². The van der Waals surface area contributed by atoms with Crippen LogP contribution >= 0.6 is 0 Å². The molecule has 0 radical (unpaired) electrons. The number of nitrogens with zero attached hydrogens (tertiary/aromatic N) is 3. The molecule has 2 aromatic carbocycles. The standard InChI is InChI=1S/C21H22N4O3/c1-12(21(27)28-3)10-25-11-18-16(7-15(22)8-17(18)20(25)26)13-4-5-14-9-23-24(2)19(14)6-13/h4-9,21,27H,1,10-11,22H2,2-3H3. The van der Waals surface area contributed by atoms with E-state index in [1.165, 1.54) is 7.11 Å². The highest BCUT2D eigenvalue weighted by molar-refractivity contribution is 6.02. The number of aliphatic hydroxyl groups excluding tert-OH is 1. The minimum Gasteiger partial charge on any atom is -0.399 e. The minimum atomic E-state index is -1.10. The SMILES string of the molecule is C=C(CN1Cc2c(cc(N)cc2-c2ccc3cnn(C)c3c2)C1=O)C(O)OC. The molecule has 0 saturated carbocycles. The summed E-state index contributed by atoms with van der Waals surface area (Å²) in [6.45, 7) is 4.45. The Hall–Kier alpha value is -3.16. The average molecular weight is 378 g/mol. The molecule has 7 heteroatoms. The number of amides is 1. The molecule has 0 fully saturated rings. The average Bonchev–Trinajstić information content (AvgIpc) is 3.21. The number of fused-ring (bicyclic) bond motifs is 2. The van der Waals surface area contributed by atoms with Crippen LogP contribution in [0.2, 0.25) is 0 Å². The fourth-order valence-corrected chi connectivity index (χ4v) is 3.68. The van der Waals surface area contributed by atoms with Crippen molar-refractivity contribution in [2.75, 3.05) is 19.4 Å². The van der Waals surface area contributed by atoms with Crippen molar-refractivity contribution >= 4 is 22.5 Å². The van der Waals surface area contributed by atoms with Gasteiger partial charge in [0, 0.05) is 43.9 Å². The molecule has 1 atom stereocenters. The molecule has 1 aromatic heterocycles. The van der Waals surface area contributed by atoms with Crippen molar-refractivity contribution in [3.8, 4) is 11.1 Å². The van der Waals surface area contributed by atoms with Crippen molar-refractivity contribution < 1.29 is 14.6 Å². The molecular weight excluding hydrogens is 356 g/mol. The quantitative estimate of drug-likeness (QED) is 0.404. The van der Waals surface area contributed by atoms with Crippen molar-refractivity contribution in [3.63, 3.8) is 0 Å². The molecule has 0 aliphatic carbocycles. The number of carbonyl (C=O) groups excluding carboxylic acids is 1. The molecule has 1 amide bonds. The number of methoxy groups -OCH3 is 1. The number of aromatic nitrogens is 2. The van der Waals surface area contributed by atoms with Crippen molar-refractivity contribution in [1.29, 1.82) is 0 Å². The fourth-order valence-electron chi connectivity index (χ4n) is 3.68. The van der Waals surface area contributed by atoms with Gasteiger partial charge in [-0.05, 0) is 40.5 Å². The first kappa shape index (κ1) is 18.2. The lowest BCUT2D eigenvalue weighted by Gasteiger charge is -2.20. The first-order chi connectivity index (χ1) is 13.4. The fraction of sp³-hybridized carbons (Fsp3) is 0.238. The molecule has 1 aliphatic rings. The Labute approximate surface area is 162 Å². The predicted octanol–water partition coefficient (Wildman–Crippen LogP) is 2.30. The van der Waals surface area contributed by atoms with Gasteiger partial charge in [-0.15, -0.1) is 0 Å². The summed E-state index contributed by atoms with van der Waals surface area (Å²) in [5.41, 5.74) is 11.5. The van der Waals surface area contributed by atoms with Crippen LogP contribution in [0.3, 0.4) is 0 Å². The highest BCUT2D eigenvalue weighted by atomic mass is 16.6. The van der Waals surface area contributed by atoms with Gasteiger partial charge >= 0.3 is 0 Å². The third-order valence-corrected chi connectivity index (χ3v) is 5.17. The third-order valence-electron chi connectivity index (χ3n) is 5.17. The van der Waals surface area contributed by atoms with Crippen molar-refractivity contribution in [3.05, 3.63) is 59.8 Å². The minimum absolute atomic E-state index is 0.130. The number of rotatable bonds is 5. The van der Waals surface area contributed by atoms with Gasteiger partial charge in [-0.1, -0.05) is 18.7 Å². The van der Waals surface area contributed by atoms with Crippen LogP contribution in [-0.2, 0) is 18.3 Å². The van der Waals surface area contributed by atoms with E-state index < -0.39 is 6.29 Å². The van der Waals surface area contributed by atoms with E-state index in [1.807, 2.05) is 36.1 Å². The highest BCUT2D eigenvalue weighted by Gasteiger charge is 2.31. The maximum atomic E-state index is 12.9. The second-order valence-corrected chi connectivity index (χ2v) is 7.04. The van der Waals surface area contributed by atoms with Gasteiger partial charge in [-0.3, -0.25) is 9.48 Å². The Kier molecular flexibility index (Phi) is 4.41. The molecule has 0 bridgehead atoms. The zero-order chi connectivity index (χ0) is 20.0. The number of anilines is 1. The van der Waals surface area contributed by atoms with Gasteiger partial charge in [-0.25, -0.2) is 0 Å². The Morgan fingerprint density at radius 2 is 2.11 bits per heavy atom. The molecule has 144 valence electrons. The summed E-state index contributed by atoms with van der Waals surface area (Å²) in [6.07, 6.45) is 0.717. The number of hydrogen-bond acceptors (Lipinski definition) is 5. The van der Waals surface area contributed by atoms with Gasteiger partial charge < -0.3 is 20.5 Å². The summed E-state index contributed by atoms with van der Waals surface area (Å²) >= 11 is 0. The van der Waals surface area contributed by atoms with E-state index in [9.17, 15) is 9.90 Å². The maximum Gasteiger partial charge on any atom is 0.254 e. The van der Waals surface area contributed by atoms with Gasteiger partial charge in [0.15, 0.2) is 6.29 Å². The molecule has 3 N–H and O–H groups in total. The predicted molar refractivity (Wildman–Crippen MR) is 107 cm³/mol. The van der Waals surface area contributed by atoms with Crippen LogP contribution in [0, 0.1) is 0 Å². The summed E-state index contributed by atoms with van der Waals surface area (Å²) in [5.74, 6) is -0.130. The second kappa shape index (κ2) is 6.78. The lowest BCUT2D eigenvalue weighted by molar-refractivity contribution is -0.0475. The lowest BCUT2D eigenvalue weighted by Crippen LogP contribution is -2.30. The van der Waals surface area contributed by atoms with E-state index in [0.29, 0.717) is 23.4 Å². The van der Waals surface area contributed by atoms with Crippen LogP contribution < -0.4 is 5.73 Å². The largest absolute Gasteiger partial charge is 0.399 e. The summed E-state index contributed by atoms with van der Waals surface area (Å²) < 4.78 is 6.70. The number of hydrogen-bond donors (Lipinski definition) is 2. The molecule has 7 nitrogen and oxygen atoms in total. The number of nitrogens with two attached hydrogens (primary N) is 1. The first-order valence-electron chi connectivity index (χ1n) is 8.91. The Bertz CT molecular complexity index is 1100. The van der Waals surface area contributed by atoms with Gasteiger partial charge in [0.1, 0.15) is 0 Å². The summed E-state index contributed by atoms with van der Waals surface area (Å²) in [5, 5.41) is 15.1. The molecule has 3 aromatic rings. The van der Waals surface area contributed by atoms with Crippen LogP contribution in [0.4, 0.5) is 5.69 Å². The van der Waals surface area contributed by atoms with Crippen molar-refractivity contribution in [1.82, 2.24) is 14.7 Å². The van der Waals surface area contributed by atoms with Crippen LogP contribution in [0.25, 0.3) is 22.0 Å². The summed E-state index contributed by atoms with van der Waals surface area (Å²) in [7, 11) is 3.29. The Morgan fingerprint density at radius 1 is 1.36 bits per heavy atom. The number of ether oxygens (including phenoxy) is 1. The molecule has 1 unspecified atom stereocenters. The Morgan fingerprint density at radius 3 is 2.86 bits per heavy atom. The van der Waals surface area contributed by atoms with Crippen molar-refractivity contribution in [2.45, 2.75) is 12.8 Å². The second-order valence-electron chi connectivity index (χ2n) is 7.04. The first-order valence-corrected chi connectivity index (χ1v) is 8.91. The molecule has 28 heavy (non-hydrogen) atoms. The number of carbonyl (C=O) groups is 1. The number of benzene rings is 2. The number of aryl methyl sites for hydroxylation is 1. The van der Waals surface area contributed by atoms with Gasteiger partial charge in [0.2, 0.25) is 0 Å². The topological polar surface area (TPSA) is 93.6 Å². The van der Waals surface area contributed by atoms with Gasteiger partial charge in [0.25, 0.3) is 5.91 Å². The maximum absolute atomic E-state index is 12.9. The van der Waals surface area contributed by atoms with E-state index in [4.69, 9.17) is 10.5 Å². The molecule has 1 aliphatic heterocycles. The molecule has 0 saturated heterocycles.